The lowest BCUT2D eigenvalue weighted by atomic mass is 10.2. The van der Waals surface area contributed by atoms with Gasteiger partial charge in [-0.1, -0.05) is 12.1 Å². The van der Waals surface area contributed by atoms with Crippen molar-refractivity contribution in [3.63, 3.8) is 0 Å². The first-order valence-corrected chi connectivity index (χ1v) is 6.01. The van der Waals surface area contributed by atoms with E-state index in [9.17, 15) is 14.4 Å². The number of anilines is 1. The van der Waals surface area contributed by atoms with Crippen LogP contribution >= 0.6 is 0 Å². The lowest BCUT2D eigenvalue weighted by molar-refractivity contribution is -0.129. The number of hydrogen-bond acceptors (Lipinski definition) is 5. The number of ether oxygens (including phenoxy) is 1. The van der Waals surface area contributed by atoms with Gasteiger partial charge in [0.2, 0.25) is 11.8 Å². The van der Waals surface area contributed by atoms with Crippen LogP contribution < -0.4 is 16.4 Å². The summed E-state index contributed by atoms with van der Waals surface area (Å²) in [6.07, 6.45) is 0. The molecule has 0 heterocycles. The van der Waals surface area contributed by atoms with E-state index < -0.39 is 11.9 Å². The molecular weight excluding hydrogens is 262 g/mol. The van der Waals surface area contributed by atoms with Crippen LogP contribution in [0.4, 0.5) is 5.69 Å². The molecule has 0 aliphatic rings. The molecule has 0 saturated heterocycles. The summed E-state index contributed by atoms with van der Waals surface area (Å²) in [5, 5.41) is 5.10. The van der Waals surface area contributed by atoms with Crippen LogP contribution in [-0.2, 0) is 25.7 Å². The normalized spacial score (nSPS) is 11.3. The van der Waals surface area contributed by atoms with Gasteiger partial charge in [-0.25, -0.2) is 0 Å². The third kappa shape index (κ3) is 5.07. The molecule has 0 bridgehead atoms. The third-order valence-electron chi connectivity index (χ3n) is 2.50. The first-order chi connectivity index (χ1) is 9.56. The standard InChI is InChI=1S/C13H17N3O4/c1-9(15-12(18)6-14)13(19)16-11-4-2-10(3-5-11)7-20-8-17/h2-5,8-9H,6-7,14H2,1H3,(H,15,18)(H,16,19). The van der Waals surface area contributed by atoms with E-state index in [-0.39, 0.29) is 19.1 Å². The van der Waals surface area contributed by atoms with Gasteiger partial charge in [0.05, 0.1) is 6.54 Å². The Morgan fingerprint density at radius 2 is 2.00 bits per heavy atom. The van der Waals surface area contributed by atoms with Crippen LogP contribution in [0.3, 0.4) is 0 Å². The molecule has 1 rings (SSSR count). The van der Waals surface area contributed by atoms with Gasteiger partial charge in [-0.2, -0.15) is 0 Å². The van der Waals surface area contributed by atoms with E-state index in [0.29, 0.717) is 12.2 Å². The van der Waals surface area contributed by atoms with Crippen LogP contribution in [0.2, 0.25) is 0 Å². The van der Waals surface area contributed by atoms with E-state index in [2.05, 4.69) is 15.4 Å². The average Bonchev–Trinajstić information content (AvgIpc) is 2.46. The SMILES string of the molecule is CC(NC(=O)CN)C(=O)Nc1ccc(COC=O)cc1. The Labute approximate surface area is 116 Å². The van der Waals surface area contributed by atoms with Crippen LogP contribution in [-0.4, -0.2) is 30.9 Å². The van der Waals surface area contributed by atoms with Crippen molar-refractivity contribution in [3.05, 3.63) is 29.8 Å². The Morgan fingerprint density at radius 3 is 2.55 bits per heavy atom. The van der Waals surface area contributed by atoms with Crippen molar-refractivity contribution in [2.75, 3.05) is 11.9 Å². The number of nitrogens with two attached hydrogens (primary N) is 1. The Kier molecular flexibility index (Phi) is 6.18. The van der Waals surface area contributed by atoms with Gasteiger partial charge in [-0.15, -0.1) is 0 Å². The number of benzene rings is 1. The maximum Gasteiger partial charge on any atom is 0.293 e. The van der Waals surface area contributed by atoms with Crippen molar-refractivity contribution in [2.24, 2.45) is 5.73 Å². The summed E-state index contributed by atoms with van der Waals surface area (Å²) in [6.45, 7) is 1.95. The monoisotopic (exact) mass is 279 g/mol. The molecule has 1 aromatic carbocycles. The molecule has 1 atom stereocenters. The highest BCUT2D eigenvalue weighted by molar-refractivity contribution is 5.97. The molecule has 1 aromatic rings. The highest BCUT2D eigenvalue weighted by Gasteiger charge is 2.14. The molecule has 0 aliphatic carbocycles. The maximum absolute atomic E-state index is 11.8. The van der Waals surface area contributed by atoms with Crippen LogP contribution in [0.15, 0.2) is 24.3 Å². The van der Waals surface area contributed by atoms with E-state index in [4.69, 9.17) is 5.73 Å². The second kappa shape index (κ2) is 7.90. The molecule has 1 unspecified atom stereocenters. The van der Waals surface area contributed by atoms with Gasteiger partial charge in [-0.3, -0.25) is 14.4 Å². The molecule has 108 valence electrons. The molecule has 0 radical (unpaired) electrons. The number of rotatable bonds is 7. The number of nitrogens with one attached hydrogen (secondary N) is 2. The zero-order valence-electron chi connectivity index (χ0n) is 11.1. The smallest absolute Gasteiger partial charge is 0.293 e. The summed E-state index contributed by atoms with van der Waals surface area (Å²) in [7, 11) is 0. The minimum absolute atomic E-state index is 0.164. The van der Waals surface area contributed by atoms with Crippen LogP contribution in [0, 0.1) is 0 Å². The van der Waals surface area contributed by atoms with E-state index in [1.165, 1.54) is 0 Å². The van der Waals surface area contributed by atoms with Gasteiger partial charge in [0.1, 0.15) is 12.6 Å². The summed E-state index contributed by atoms with van der Waals surface area (Å²) < 4.78 is 4.61. The summed E-state index contributed by atoms with van der Waals surface area (Å²) in [4.78, 5) is 32.9. The zero-order valence-corrected chi connectivity index (χ0v) is 11.1. The lowest BCUT2D eigenvalue weighted by Crippen LogP contribution is -2.44. The molecule has 7 nitrogen and oxygen atoms in total. The molecule has 0 aromatic heterocycles. The van der Waals surface area contributed by atoms with E-state index in [0.717, 1.165) is 5.56 Å². The predicted molar refractivity (Wildman–Crippen MR) is 72.6 cm³/mol. The molecule has 0 aliphatic heterocycles. The van der Waals surface area contributed by atoms with Gasteiger partial charge in [0.15, 0.2) is 0 Å². The Bertz CT molecular complexity index is 473. The van der Waals surface area contributed by atoms with Gasteiger partial charge >= 0.3 is 0 Å². The average molecular weight is 279 g/mol. The van der Waals surface area contributed by atoms with Gasteiger partial charge in [0, 0.05) is 5.69 Å². The van der Waals surface area contributed by atoms with Gasteiger partial charge in [0.25, 0.3) is 6.47 Å². The first-order valence-electron chi connectivity index (χ1n) is 6.01. The number of hydrogen-bond donors (Lipinski definition) is 3. The van der Waals surface area contributed by atoms with Gasteiger partial charge in [-0.05, 0) is 24.6 Å². The summed E-state index contributed by atoms with van der Waals surface area (Å²) in [5.41, 5.74) is 6.54. The minimum atomic E-state index is -0.677. The number of carbonyl (C=O) groups excluding carboxylic acids is 3. The fraction of sp³-hybridized carbons (Fsp3) is 0.308. The van der Waals surface area contributed by atoms with Crippen molar-refractivity contribution in [3.8, 4) is 0 Å². The zero-order chi connectivity index (χ0) is 15.0. The Morgan fingerprint density at radius 1 is 1.35 bits per heavy atom. The fourth-order valence-corrected chi connectivity index (χ4v) is 1.43. The molecule has 0 spiro atoms. The van der Waals surface area contributed by atoms with E-state index in [1.807, 2.05) is 0 Å². The maximum atomic E-state index is 11.8. The molecule has 20 heavy (non-hydrogen) atoms. The molecule has 2 amide bonds. The molecule has 0 fully saturated rings. The van der Waals surface area contributed by atoms with Crippen LogP contribution in [0.5, 0.6) is 0 Å². The molecule has 0 saturated carbocycles. The first kappa shape index (κ1) is 15.6. The van der Waals surface area contributed by atoms with Crippen molar-refractivity contribution in [1.29, 1.82) is 0 Å². The second-order valence-electron chi connectivity index (χ2n) is 4.09. The lowest BCUT2D eigenvalue weighted by Gasteiger charge is -2.13. The predicted octanol–water partition coefficient (Wildman–Crippen LogP) is -0.238. The highest BCUT2D eigenvalue weighted by atomic mass is 16.5. The Hall–Kier alpha value is -2.41. The van der Waals surface area contributed by atoms with Gasteiger partial charge < -0.3 is 21.1 Å². The second-order valence-corrected chi connectivity index (χ2v) is 4.09. The van der Waals surface area contributed by atoms with E-state index in [1.54, 1.807) is 31.2 Å². The van der Waals surface area contributed by atoms with Crippen molar-refractivity contribution < 1.29 is 19.1 Å². The molecule has 7 heteroatoms. The molecular formula is C13H17N3O4. The van der Waals surface area contributed by atoms with Crippen molar-refractivity contribution in [2.45, 2.75) is 19.6 Å². The largest absolute Gasteiger partial charge is 0.463 e. The summed E-state index contributed by atoms with van der Waals surface area (Å²) in [6, 6.07) is 6.13. The topological polar surface area (TPSA) is 111 Å². The fourth-order valence-electron chi connectivity index (χ4n) is 1.43. The van der Waals surface area contributed by atoms with Crippen molar-refractivity contribution in [1.82, 2.24) is 5.32 Å². The van der Waals surface area contributed by atoms with Crippen molar-refractivity contribution >= 4 is 24.0 Å². The number of amides is 2. The third-order valence-corrected chi connectivity index (χ3v) is 2.50. The highest BCUT2D eigenvalue weighted by Crippen LogP contribution is 2.10. The minimum Gasteiger partial charge on any atom is -0.463 e. The Balaban J connectivity index is 2.53. The quantitative estimate of drug-likeness (QED) is 0.597. The summed E-state index contributed by atoms with van der Waals surface area (Å²) >= 11 is 0. The summed E-state index contributed by atoms with van der Waals surface area (Å²) in [5.74, 6) is -0.738. The van der Waals surface area contributed by atoms with Crippen LogP contribution in [0.1, 0.15) is 12.5 Å². The molecule has 4 N–H and O–H groups in total. The van der Waals surface area contributed by atoms with E-state index >= 15 is 0 Å². The number of carbonyl (C=O) groups is 3. The van der Waals surface area contributed by atoms with Crippen LogP contribution in [0.25, 0.3) is 0 Å².